The van der Waals surface area contributed by atoms with Crippen molar-refractivity contribution in [2.45, 2.75) is 258 Å². The Bertz CT molecular complexity index is 601. The van der Waals surface area contributed by atoms with Gasteiger partial charge in [-0.15, -0.1) is 0 Å². The van der Waals surface area contributed by atoms with Crippen molar-refractivity contribution < 1.29 is 0 Å². The average molecular weight is 645 g/mol. The van der Waals surface area contributed by atoms with Crippen molar-refractivity contribution in [2.75, 3.05) is 13.1 Å². The predicted octanol–water partition coefficient (Wildman–Crippen LogP) is 15.5. The van der Waals surface area contributed by atoms with Crippen LogP contribution in [0, 0.1) is 0 Å². The normalized spacial score (nSPS) is 14.7. The number of unbranched alkanes of at least 4 members (excludes halogenated alkanes) is 32. The zero-order valence-corrected chi connectivity index (χ0v) is 32.5. The highest BCUT2D eigenvalue weighted by atomic mass is 15.4. The minimum Gasteiger partial charge on any atom is -0.356 e. The summed E-state index contributed by atoms with van der Waals surface area (Å²) in [4.78, 5) is 5.37. The summed E-state index contributed by atoms with van der Waals surface area (Å²) in [6.07, 6.45) is 57.5. The van der Waals surface area contributed by atoms with E-state index in [4.69, 9.17) is 0 Å². The molecule has 0 aromatic heterocycles. The smallest absolute Gasteiger partial charge is 0.101 e. The topological polar surface area (TPSA) is 6.48 Å². The van der Waals surface area contributed by atoms with Crippen LogP contribution in [0.4, 0.5) is 0 Å². The first-order chi connectivity index (χ1) is 22.8. The quantitative estimate of drug-likeness (QED) is 0.0617. The lowest BCUT2D eigenvalue weighted by molar-refractivity contribution is 0.136. The highest BCUT2D eigenvalue weighted by Crippen LogP contribution is 2.24. The Morgan fingerprint density at radius 3 is 0.826 bits per heavy atom. The molecule has 1 aliphatic rings. The van der Waals surface area contributed by atoms with Crippen LogP contribution in [0.1, 0.15) is 252 Å². The summed E-state index contributed by atoms with van der Waals surface area (Å²) in [5.74, 6) is 0. The van der Waals surface area contributed by atoms with Gasteiger partial charge in [-0.05, 0) is 25.7 Å². The summed E-state index contributed by atoms with van der Waals surface area (Å²) in [6.45, 7) is 9.46. The van der Waals surface area contributed by atoms with Crippen molar-refractivity contribution in [1.29, 1.82) is 0 Å². The van der Waals surface area contributed by atoms with Crippen molar-refractivity contribution >= 4 is 0 Å². The van der Waals surface area contributed by atoms with E-state index in [0.717, 1.165) is 0 Å². The molecule has 2 heteroatoms. The molecule has 0 saturated carbocycles. The van der Waals surface area contributed by atoms with Gasteiger partial charge in [-0.25, -0.2) is 0 Å². The molecule has 0 bridgehead atoms. The third-order valence-electron chi connectivity index (χ3n) is 10.8. The summed E-state index contributed by atoms with van der Waals surface area (Å²) in [7, 11) is 0. The van der Waals surface area contributed by atoms with E-state index in [1.807, 2.05) is 0 Å². The molecule has 1 aliphatic heterocycles. The molecule has 0 aliphatic carbocycles. The van der Waals surface area contributed by atoms with E-state index in [1.54, 1.807) is 0 Å². The average Bonchev–Trinajstić information content (AvgIpc) is 3.45. The van der Waals surface area contributed by atoms with Crippen LogP contribution in [0.3, 0.4) is 0 Å². The van der Waals surface area contributed by atoms with Crippen molar-refractivity contribution in [2.24, 2.45) is 0 Å². The van der Waals surface area contributed by atoms with E-state index in [-0.39, 0.29) is 0 Å². The highest BCUT2D eigenvalue weighted by Gasteiger charge is 2.24. The molecule has 1 unspecified atom stereocenters. The molecule has 0 spiro atoms. The Labute approximate surface area is 292 Å². The van der Waals surface area contributed by atoms with Crippen LogP contribution in [0.2, 0.25) is 0 Å². The second kappa shape index (κ2) is 35.6. The molecule has 1 rings (SSSR count). The molecule has 0 amide bonds. The van der Waals surface area contributed by atoms with E-state index in [0.29, 0.717) is 6.17 Å². The predicted molar refractivity (Wildman–Crippen MR) is 210 cm³/mol. The first-order valence-electron chi connectivity index (χ1n) is 22.0. The van der Waals surface area contributed by atoms with Crippen LogP contribution in [0.25, 0.3) is 0 Å². The Balaban J connectivity index is 1.98. The maximum Gasteiger partial charge on any atom is 0.101 e. The van der Waals surface area contributed by atoms with Crippen molar-refractivity contribution in [1.82, 2.24) is 9.80 Å². The van der Waals surface area contributed by atoms with Crippen LogP contribution in [0.5, 0.6) is 0 Å². The minimum absolute atomic E-state index is 0.638. The SMILES string of the molecule is CCCCCCCCCCCCCCCCCCCN1C=CN(CCCC)C1CCCCCCCCCCCCCCCCCC. The van der Waals surface area contributed by atoms with E-state index in [2.05, 4.69) is 43.0 Å². The third kappa shape index (κ3) is 27.3. The molecule has 0 saturated heterocycles. The fourth-order valence-electron chi connectivity index (χ4n) is 7.57. The molecule has 0 N–H and O–H groups in total. The van der Waals surface area contributed by atoms with Crippen LogP contribution < -0.4 is 0 Å². The van der Waals surface area contributed by atoms with Gasteiger partial charge in [0.15, 0.2) is 0 Å². The van der Waals surface area contributed by atoms with E-state index < -0.39 is 0 Å². The molecule has 1 heterocycles. The molecule has 0 fully saturated rings. The Kier molecular flexibility index (Phi) is 33.6. The Morgan fingerprint density at radius 1 is 0.283 bits per heavy atom. The monoisotopic (exact) mass is 645 g/mol. The number of hydrogen-bond acceptors (Lipinski definition) is 2. The standard InChI is InChI=1S/C44H88N2/c1-4-7-10-12-14-16-18-20-22-24-26-28-30-32-34-36-38-41-46-43-42-45(40-9-6-3)44(46)39-37-35-33-31-29-27-25-23-21-19-17-15-13-11-8-5-2/h42-44H,4-41H2,1-3H3. The first-order valence-corrected chi connectivity index (χ1v) is 22.0. The van der Waals surface area contributed by atoms with Crippen molar-refractivity contribution in [3.63, 3.8) is 0 Å². The molecule has 0 radical (unpaired) electrons. The molecule has 274 valence electrons. The van der Waals surface area contributed by atoms with E-state index >= 15 is 0 Å². The van der Waals surface area contributed by atoms with E-state index in [1.165, 1.54) is 244 Å². The molecular formula is C44H88N2. The van der Waals surface area contributed by atoms with Gasteiger partial charge >= 0.3 is 0 Å². The largest absolute Gasteiger partial charge is 0.356 e. The molecule has 2 nitrogen and oxygen atoms in total. The Hall–Kier alpha value is -0.660. The van der Waals surface area contributed by atoms with Gasteiger partial charge in [-0.3, -0.25) is 0 Å². The lowest BCUT2D eigenvalue weighted by Gasteiger charge is -2.33. The first kappa shape index (κ1) is 43.4. The molecule has 1 atom stereocenters. The van der Waals surface area contributed by atoms with Gasteiger partial charge < -0.3 is 9.80 Å². The van der Waals surface area contributed by atoms with Crippen LogP contribution in [0.15, 0.2) is 12.4 Å². The fourth-order valence-corrected chi connectivity index (χ4v) is 7.57. The van der Waals surface area contributed by atoms with E-state index in [9.17, 15) is 0 Å². The molecule has 46 heavy (non-hydrogen) atoms. The second-order valence-electron chi connectivity index (χ2n) is 15.4. The van der Waals surface area contributed by atoms with Gasteiger partial charge in [0.25, 0.3) is 0 Å². The van der Waals surface area contributed by atoms with Crippen molar-refractivity contribution in [3.8, 4) is 0 Å². The van der Waals surface area contributed by atoms with Crippen LogP contribution in [-0.2, 0) is 0 Å². The minimum atomic E-state index is 0.638. The van der Waals surface area contributed by atoms with Crippen molar-refractivity contribution in [3.05, 3.63) is 12.4 Å². The number of hydrogen-bond donors (Lipinski definition) is 0. The zero-order chi connectivity index (χ0) is 33.0. The Morgan fingerprint density at radius 2 is 0.522 bits per heavy atom. The molecular weight excluding hydrogens is 556 g/mol. The lowest BCUT2D eigenvalue weighted by atomic mass is 10.0. The zero-order valence-electron chi connectivity index (χ0n) is 32.5. The maximum atomic E-state index is 2.70. The highest BCUT2D eigenvalue weighted by molar-refractivity contribution is 4.96. The van der Waals surface area contributed by atoms with Gasteiger partial charge in [0, 0.05) is 25.5 Å². The fraction of sp³-hybridized carbons (Fsp3) is 0.955. The summed E-state index contributed by atoms with van der Waals surface area (Å²) in [5, 5.41) is 0. The molecule has 0 aromatic rings. The third-order valence-corrected chi connectivity index (χ3v) is 10.8. The van der Waals surface area contributed by atoms with Gasteiger partial charge in [0.1, 0.15) is 6.17 Å². The van der Waals surface area contributed by atoms with Crippen LogP contribution in [-0.4, -0.2) is 29.1 Å². The van der Waals surface area contributed by atoms with Crippen LogP contribution >= 0.6 is 0 Å². The van der Waals surface area contributed by atoms with Gasteiger partial charge in [0.2, 0.25) is 0 Å². The maximum absolute atomic E-state index is 2.70. The van der Waals surface area contributed by atoms with Gasteiger partial charge in [-0.2, -0.15) is 0 Å². The summed E-state index contributed by atoms with van der Waals surface area (Å²) in [6, 6.07) is 0. The molecule has 0 aromatic carbocycles. The second-order valence-corrected chi connectivity index (χ2v) is 15.4. The summed E-state index contributed by atoms with van der Waals surface area (Å²) < 4.78 is 0. The van der Waals surface area contributed by atoms with Gasteiger partial charge in [-0.1, -0.05) is 226 Å². The number of nitrogens with zero attached hydrogens (tertiary/aromatic N) is 2. The summed E-state index contributed by atoms with van der Waals surface area (Å²) in [5.41, 5.74) is 0. The number of rotatable bonds is 38. The lowest BCUT2D eigenvalue weighted by Crippen LogP contribution is -2.39. The summed E-state index contributed by atoms with van der Waals surface area (Å²) >= 11 is 0. The van der Waals surface area contributed by atoms with Gasteiger partial charge in [0.05, 0.1) is 0 Å².